The van der Waals surface area contributed by atoms with Gasteiger partial charge < -0.3 is 5.11 Å². The molecule has 0 bridgehead atoms. The van der Waals surface area contributed by atoms with Crippen molar-refractivity contribution >= 4 is 17.6 Å². The Bertz CT molecular complexity index is 751. The zero-order valence-corrected chi connectivity index (χ0v) is 12.4. The quantitative estimate of drug-likeness (QED) is 0.706. The molecule has 0 amide bonds. The van der Waals surface area contributed by atoms with Crippen LogP contribution in [-0.2, 0) is 0 Å². The zero-order chi connectivity index (χ0) is 15.5. The van der Waals surface area contributed by atoms with Crippen molar-refractivity contribution in [2.24, 2.45) is 0 Å². The lowest BCUT2D eigenvalue weighted by Gasteiger charge is -2.13. The molecule has 2 nitrogen and oxygen atoms in total. The van der Waals surface area contributed by atoms with Crippen LogP contribution in [0.2, 0.25) is 5.02 Å². The van der Waals surface area contributed by atoms with E-state index in [4.69, 9.17) is 11.6 Å². The lowest BCUT2D eigenvalue weighted by atomic mass is 9.92. The molecule has 0 atom stereocenters. The third-order valence-electron chi connectivity index (χ3n) is 3.49. The van der Waals surface area contributed by atoms with Crippen LogP contribution in [0.25, 0.3) is 22.3 Å². The highest BCUT2D eigenvalue weighted by molar-refractivity contribution is 6.31. The van der Waals surface area contributed by atoms with Gasteiger partial charge in [-0.25, -0.2) is 4.79 Å². The lowest BCUT2D eigenvalue weighted by molar-refractivity contribution is 0.0698. The first-order valence-electron chi connectivity index (χ1n) is 6.84. The zero-order valence-electron chi connectivity index (χ0n) is 11.7. The predicted molar refractivity (Wildman–Crippen MR) is 89.3 cm³/mol. The molecule has 3 aromatic carbocycles. The molecule has 3 rings (SSSR count). The first-order chi connectivity index (χ1) is 10.7. The minimum absolute atomic E-state index is 0.266. The van der Waals surface area contributed by atoms with Crippen LogP contribution in [0.1, 0.15) is 10.4 Å². The smallest absolute Gasteiger partial charge is 0.336 e. The van der Waals surface area contributed by atoms with Gasteiger partial charge in [-0.3, -0.25) is 0 Å². The molecule has 3 aromatic rings. The standard InChI is InChI=1S/C19H13ClO2/c20-15-11-16(13-7-3-1-4-8-13)18(19(21)22)17(12-15)14-9-5-2-6-10-14/h1-12H,(H,21,22). The number of carboxylic acid groups (broad SMARTS) is 1. The summed E-state index contributed by atoms with van der Waals surface area (Å²) in [7, 11) is 0. The van der Waals surface area contributed by atoms with Gasteiger partial charge >= 0.3 is 5.97 Å². The van der Waals surface area contributed by atoms with Crippen molar-refractivity contribution in [1.82, 2.24) is 0 Å². The minimum Gasteiger partial charge on any atom is -0.478 e. The SMILES string of the molecule is O=C(O)c1c(-c2ccccc2)cc(Cl)cc1-c1ccccc1. The first-order valence-corrected chi connectivity index (χ1v) is 7.22. The molecule has 108 valence electrons. The fraction of sp³-hybridized carbons (Fsp3) is 0. The molecule has 0 unspecified atom stereocenters. The van der Waals surface area contributed by atoms with Crippen molar-refractivity contribution in [1.29, 1.82) is 0 Å². The third-order valence-corrected chi connectivity index (χ3v) is 3.70. The Morgan fingerprint density at radius 3 is 1.55 bits per heavy atom. The highest BCUT2D eigenvalue weighted by atomic mass is 35.5. The van der Waals surface area contributed by atoms with Crippen molar-refractivity contribution in [3.8, 4) is 22.3 Å². The molecule has 0 spiro atoms. The average molecular weight is 309 g/mol. The molecular weight excluding hydrogens is 296 g/mol. The molecule has 0 aromatic heterocycles. The molecule has 22 heavy (non-hydrogen) atoms. The largest absolute Gasteiger partial charge is 0.478 e. The summed E-state index contributed by atoms with van der Waals surface area (Å²) in [5.74, 6) is -0.964. The normalized spacial score (nSPS) is 10.4. The maximum absolute atomic E-state index is 11.9. The van der Waals surface area contributed by atoms with E-state index in [0.29, 0.717) is 16.1 Å². The Morgan fingerprint density at radius 2 is 1.18 bits per heavy atom. The van der Waals surface area contributed by atoms with E-state index in [0.717, 1.165) is 11.1 Å². The van der Waals surface area contributed by atoms with Crippen LogP contribution in [0, 0.1) is 0 Å². The van der Waals surface area contributed by atoms with Gasteiger partial charge in [-0.2, -0.15) is 0 Å². The number of carbonyl (C=O) groups is 1. The van der Waals surface area contributed by atoms with Crippen molar-refractivity contribution < 1.29 is 9.90 Å². The van der Waals surface area contributed by atoms with Gasteiger partial charge in [0.25, 0.3) is 0 Å². The van der Waals surface area contributed by atoms with Crippen LogP contribution in [0.5, 0.6) is 0 Å². The van der Waals surface area contributed by atoms with Crippen molar-refractivity contribution in [2.75, 3.05) is 0 Å². The van der Waals surface area contributed by atoms with E-state index in [1.54, 1.807) is 12.1 Å². The van der Waals surface area contributed by atoms with Crippen LogP contribution < -0.4 is 0 Å². The van der Waals surface area contributed by atoms with Gasteiger partial charge in [-0.1, -0.05) is 72.3 Å². The summed E-state index contributed by atoms with van der Waals surface area (Å²) >= 11 is 6.23. The second kappa shape index (κ2) is 6.04. The summed E-state index contributed by atoms with van der Waals surface area (Å²) in [6.07, 6.45) is 0. The topological polar surface area (TPSA) is 37.3 Å². The second-order valence-corrected chi connectivity index (χ2v) is 5.35. The van der Waals surface area contributed by atoms with E-state index in [2.05, 4.69) is 0 Å². The van der Waals surface area contributed by atoms with Crippen LogP contribution >= 0.6 is 11.6 Å². The van der Waals surface area contributed by atoms with Crippen LogP contribution in [0.3, 0.4) is 0 Å². The fourth-order valence-electron chi connectivity index (χ4n) is 2.53. The molecule has 0 saturated heterocycles. The minimum atomic E-state index is -0.964. The summed E-state index contributed by atoms with van der Waals surface area (Å²) in [5.41, 5.74) is 3.18. The summed E-state index contributed by atoms with van der Waals surface area (Å²) in [6, 6.07) is 22.2. The molecule has 0 aliphatic rings. The number of hydrogen-bond donors (Lipinski definition) is 1. The maximum Gasteiger partial charge on any atom is 0.336 e. The molecule has 0 aliphatic heterocycles. The highest BCUT2D eigenvalue weighted by Crippen LogP contribution is 2.35. The molecule has 0 aliphatic carbocycles. The number of rotatable bonds is 3. The van der Waals surface area contributed by atoms with Gasteiger partial charge in [-0.05, 0) is 34.4 Å². The second-order valence-electron chi connectivity index (χ2n) is 4.91. The Morgan fingerprint density at radius 1 is 0.773 bits per heavy atom. The van der Waals surface area contributed by atoms with Gasteiger partial charge in [0.05, 0.1) is 5.56 Å². The Labute approximate surface area is 133 Å². The molecule has 3 heteroatoms. The van der Waals surface area contributed by atoms with Crippen LogP contribution in [0.4, 0.5) is 0 Å². The van der Waals surface area contributed by atoms with Gasteiger partial charge in [0, 0.05) is 5.02 Å². The number of aromatic carboxylic acids is 1. The maximum atomic E-state index is 11.9. The number of carboxylic acids is 1. The van der Waals surface area contributed by atoms with E-state index in [-0.39, 0.29) is 5.56 Å². The van der Waals surface area contributed by atoms with Gasteiger partial charge in [0.2, 0.25) is 0 Å². The monoisotopic (exact) mass is 308 g/mol. The van der Waals surface area contributed by atoms with E-state index >= 15 is 0 Å². The van der Waals surface area contributed by atoms with E-state index < -0.39 is 5.97 Å². The van der Waals surface area contributed by atoms with Gasteiger partial charge in [0.15, 0.2) is 0 Å². The fourth-order valence-corrected chi connectivity index (χ4v) is 2.75. The predicted octanol–water partition coefficient (Wildman–Crippen LogP) is 5.37. The van der Waals surface area contributed by atoms with Crippen molar-refractivity contribution in [3.05, 3.63) is 83.4 Å². The van der Waals surface area contributed by atoms with Gasteiger partial charge in [-0.15, -0.1) is 0 Å². The molecule has 0 fully saturated rings. The highest BCUT2D eigenvalue weighted by Gasteiger charge is 2.19. The summed E-state index contributed by atoms with van der Waals surface area (Å²) < 4.78 is 0. The van der Waals surface area contributed by atoms with Crippen molar-refractivity contribution in [3.63, 3.8) is 0 Å². The summed E-state index contributed by atoms with van der Waals surface area (Å²) in [6.45, 7) is 0. The summed E-state index contributed by atoms with van der Waals surface area (Å²) in [5, 5.41) is 10.2. The van der Waals surface area contributed by atoms with Crippen LogP contribution in [0.15, 0.2) is 72.8 Å². The van der Waals surface area contributed by atoms with Gasteiger partial charge in [0.1, 0.15) is 0 Å². The Hall–Kier alpha value is -2.58. The third kappa shape index (κ3) is 2.74. The molecule has 0 radical (unpaired) electrons. The number of benzene rings is 3. The Kier molecular flexibility index (Phi) is 3.94. The molecular formula is C19H13ClO2. The number of hydrogen-bond acceptors (Lipinski definition) is 1. The Balaban J connectivity index is 2.32. The number of halogens is 1. The van der Waals surface area contributed by atoms with Crippen LogP contribution in [-0.4, -0.2) is 11.1 Å². The molecule has 1 N–H and O–H groups in total. The average Bonchev–Trinajstić information content (AvgIpc) is 2.55. The van der Waals surface area contributed by atoms with E-state index in [9.17, 15) is 9.90 Å². The van der Waals surface area contributed by atoms with Crippen molar-refractivity contribution in [2.45, 2.75) is 0 Å². The summed E-state index contributed by atoms with van der Waals surface area (Å²) in [4.78, 5) is 11.9. The molecule has 0 heterocycles. The lowest BCUT2D eigenvalue weighted by Crippen LogP contribution is -2.03. The first kappa shape index (κ1) is 14.4. The van der Waals surface area contributed by atoms with E-state index in [1.165, 1.54) is 0 Å². The van der Waals surface area contributed by atoms with E-state index in [1.807, 2.05) is 60.7 Å². The molecule has 0 saturated carbocycles.